The maximum Gasteiger partial charge on any atom is 0.130 e. The van der Waals surface area contributed by atoms with Gasteiger partial charge < -0.3 is 9.47 Å². The summed E-state index contributed by atoms with van der Waals surface area (Å²) in [5, 5.41) is 3.74. The first-order valence-electron chi connectivity index (χ1n) is 10.9. The minimum Gasteiger partial charge on any atom is -0.493 e. The van der Waals surface area contributed by atoms with Crippen molar-refractivity contribution in [3.63, 3.8) is 0 Å². The van der Waals surface area contributed by atoms with Crippen LogP contribution in [-0.4, -0.2) is 31.1 Å². The van der Waals surface area contributed by atoms with Crippen molar-refractivity contribution in [1.82, 2.24) is 4.90 Å². The summed E-state index contributed by atoms with van der Waals surface area (Å²) in [6.45, 7) is 8.87. The van der Waals surface area contributed by atoms with Crippen molar-refractivity contribution in [2.24, 2.45) is 11.0 Å². The number of ether oxygens (including phenoxy) is 2. The normalized spacial score (nSPS) is 16.8. The van der Waals surface area contributed by atoms with Gasteiger partial charge in [0.05, 0.1) is 6.61 Å². The molecule has 0 unspecified atom stereocenters. The van der Waals surface area contributed by atoms with Crippen LogP contribution in [-0.2, 0) is 13.0 Å². The molecule has 2 aromatic carbocycles. The van der Waals surface area contributed by atoms with Gasteiger partial charge in [-0.15, -0.1) is 0 Å². The Morgan fingerprint density at radius 1 is 1.20 bits per heavy atom. The molecule has 0 aliphatic carbocycles. The molecule has 0 amide bonds. The van der Waals surface area contributed by atoms with Crippen LogP contribution in [0.3, 0.4) is 0 Å². The Labute approximate surface area is 178 Å². The van der Waals surface area contributed by atoms with E-state index in [1.54, 1.807) is 0 Å². The number of azide groups is 1. The molecule has 6 heteroatoms. The molecule has 158 valence electrons. The predicted octanol–water partition coefficient (Wildman–Crippen LogP) is 6.06. The first-order valence-corrected chi connectivity index (χ1v) is 10.9. The number of piperidine rings is 1. The number of benzene rings is 2. The number of hydrogen-bond acceptors (Lipinski definition) is 4. The highest BCUT2D eigenvalue weighted by molar-refractivity contribution is 5.46. The summed E-state index contributed by atoms with van der Waals surface area (Å²) in [5.74, 6) is 3.69. The van der Waals surface area contributed by atoms with E-state index in [2.05, 4.69) is 53.0 Å². The summed E-state index contributed by atoms with van der Waals surface area (Å²) < 4.78 is 11.9. The summed E-state index contributed by atoms with van der Waals surface area (Å²) in [5.41, 5.74) is 12.3. The molecule has 2 aliphatic rings. The van der Waals surface area contributed by atoms with E-state index in [9.17, 15) is 0 Å². The minimum atomic E-state index is 0.382. The molecule has 2 aliphatic heterocycles. The van der Waals surface area contributed by atoms with Crippen LogP contribution in [0, 0.1) is 5.92 Å². The van der Waals surface area contributed by atoms with Gasteiger partial charge in [0.15, 0.2) is 0 Å². The fourth-order valence-corrected chi connectivity index (χ4v) is 4.33. The summed E-state index contributed by atoms with van der Waals surface area (Å²) in [6.07, 6.45) is 3.14. The molecular formula is C24H30N4O2. The van der Waals surface area contributed by atoms with Gasteiger partial charge in [0.1, 0.15) is 17.2 Å². The van der Waals surface area contributed by atoms with Crippen LogP contribution in [0.5, 0.6) is 17.2 Å². The Balaban J connectivity index is 1.43. The van der Waals surface area contributed by atoms with E-state index < -0.39 is 0 Å². The molecule has 4 rings (SSSR count). The Kier molecular flexibility index (Phi) is 6.46. The van der Waals surface area contributed by atoms with Gasteiger partial charge in [-0.1, -0.05) is 31.1 Å². The molecule has 30 heavy (non-hydrogen) atoms. The first-order chi connectivity index (χ1) is 14.6. The molecule has 0 N–H and O–H groups in total. The smallest absolute Gasteiger partial charge is 0.130 e. The van der Waals surface area contributed by atoms with Crippen LogP contribution in [0.4, 0.5) is 0 Å². The highest BCUT2D eigenvalue weighted by Gasteiger charge is 2.20. The van der Waals surface area contributed by atoms with Crippen LogP contribution in [0.1, 0.15) is 49.3 Å². The number of fused-ring (bicyclic) bond motifs is 1. The molecule has 0 saturated carbocycles. The molecule has 0 atom stereocenters. The Hall–Kier alpha value is -2.69. The van der Waals surface area contributed by atoms with Crippen LogP contribution in [0.2, 0.25) is 0 Å². The third kappa shape index (κ3) is 4.89. The Morgan fingerprint density at radius 3 is 2.80 bits per heavy atom. The summed E-state index contributed by atoms with van der Waals surface area (Å²) in [6, 6.07) is 12.7. The lowest BCUT2D eigenvalue weighted by Gasteiger charge is -2.31. The second kappa shape index (κ2) is 9.41. The van der Waals surface area contributed by atoms with Crippen LogP contribution < -0.4 is 9.47 Å². The van der Waals surface area contributed by atoms with Crippen molar-refractivity contribution in [2.45, 2.75) is 45.6 Å². The van der Waals surface area contributed by atoms with E-state index in [1.165, 1.54) is 16.7 Å². The average Bonchev–Trinajstić information content (AvgIpc) is 3.22. The first kappa shape index (κ1) is 20.6. The molecule has 1 fully saturated rings. The standard InChI is InChI=1S/C24H30N4O2/c1-17(2)22-13-19(16-28-10-7-18(8-11-28)15-26-27-25)3-5-24(22)30-21-4-6-23-20(14-21)9-12-29-23/h3-6,13-14,17-18H,7-12,15-16H2,1-2H3. The Morgan fingerprint density at radius 2 is 2.03 bits per heavy atom. The van der Waals surface area contributed by atoms with E-state index in [0.717, 1.165) is 62.8 Å². The van der Waals surface area contributed by atoms with Gasteiger partial charge in [-0.05, 0) is 78.7 Å². The zero-order valence-corrected chi connectivity index (χ0v) is 17.9. The van der Waals surface area contributed by atoms with Crippen molar-refractivity contribution >= 4 is 0 Å². The van der Waals surface area contributed by atoms with Crippen molar-refractivity contribution < 1.29 is 9.47 Å². The van der Waals surface area contributed by atoms with Gasteiger partial charge in [-0.25, -0.2) is 0 Å². The number of nitrogens with zero attached hydrogens (tertiary/aromatic N) is 4. The van der Waals surface area contributed by atoms with Gasteiger partial charge in [0, 0.05) is 30.0 Å². The monoisotopic (exact) mass is 406 g/mol. The fraction of sp³-hybridized carbons (Fsp3) is 0.500. The van der Waals surface area contributed by atoms with Crippen molar-refractivity contribution in [2.75, 3.05) is 26.2 Å². The largest absolute Gasteiger partial charge is 0.493 e. The zero-order chi connectivity index (χ0) is 20.9. The molecule has 0 radical (unpaired) electrons. The molecular weight excluding hydrogens is 376 g/mol. The fourth-order valence-electron chi connectivity index (χ4n) is 4.33. The van der Waals surface area contributed by atoms with Crippen molar-refractivity contribution in [3.05, 3.63) is 63.5 Å². The Bertz CT molecular complexity index is 929. The molecule has 0 aromatic heterocycles. The van der Waals surface area contributed by atoms with E-state index in [4.69, 9.17) is 15.0 Å². The molecule has 1 saturated heterocycles. The lowest BCUT2D eigenvalue weighted by molar-refractivity contribution is 0.180. The third-order valence-electron chi connectivity index (χ3n) is 6.10. The second-order valence-corrected chi connectivity index (χ2v) is 8.63. The summed E-state index contributed by atoms with van der Waals surface area (Å²) in [7, 11) is 0. The molecule has 0 spiro atoms. The minimum absolute atomic E-state index is 0.382. The van der Waals surface area contributed by atoms with Crippen LogP contribution in [0.25, 0.3) is 10.4 Å². The maximum atomic E-state index is 8.50. The lowest BCUT2D eigenvalue weighted by atomic mass is 9.96. The van der Waals surface area contributed by atoms with Crippen molar-refractivity contribution in [3.8, 4) is 17.2 Å². The SMILES string of the molecule is CC(C)c1cc(CN2CCC(CN=[N+]=[N-])CC2)ccc1Oc1ccc2c(c1)CCO2. The second-order valence-electron chi connectivity index (χ2n) is 8.63. The van der Waals surface area contributed by atoms with E-state index in [-0.39, 0.29) is 0 Å². The average molecular weight is 407 g/mol. The van der Waals surface area contributed by atoms with Crippen molar-refractivity contribution in [1.29, 1.82) is 0 Å². The van der Waals surface area contributed by atoms with Crippen LogP contribution >= 0.6 is 0 Å². The summed E-state index contributed by atoms with van der Waals surface area (Å²) in [4.78, 5) is 5.38. The van der Waals surface area contributed by atoms with Gasteiger partial charge >= 0.3 is 0 Å². The summed E-state index contributed by atoms with van der Waals surface area (Å²) >= 11 is 0. The topological polar surface area (TPSA) is 70.5 Å². The quantitative estimate of drug-likeness (QED) is 0.319. The maximum absolute atomic E-state index is 8.50. The van der Waals surface area contributed by atoms with E-state index in [1.807, 2.05) is 12.1 Å². The zero-order valence-electron chi connectivity index (χ0n) is 17.9. The molecule has 2 heterocycles. The number of rotatable bonds is 7. The lowest BCUT2D eigenvalue weighted by Crippen LogP contribution is -2.34. The van der Waals surface area contributed by atoms with E-state index >= 15 is 0 Å². The van der Waals surface area contributed by atoms with Crippen LogP contribution in [0.15, 0.2) is 41.5 Å². The van der Waals surface area contributed by atoms with Gasteiger partial charge in [-0.3, -0.25) is 4.90 Å². The highest BCUT2D eigenvalue weighted by atomic mass is 16.5. The molecule has 6 nitrogen and oxygen atoms in total. The molecule has 2 aromatic rings. The number of likely N-dealkylation sites (tertiary alicyclic amines) is 1. The predicted molar refractivity (Wildman–Crippen MR) is 118 cm³/mol. The number of hydrogen-bond donors (Lipinski definition) is 0. The van der Waals surface area contributed by atoms with Gasteiger partial charge in [0.25, 0.3) is 0 Å². The van der Waals surface area contributed by atoms with E-state index in [0.29, 0.717) is 18.4 Å². The highest BCUT2D eigenvalue weighted by Crippen LogP contribution is 2.35. The molecule has 0 bridgehead atoms. The van der Waals surface area contributed by atoms with Gasteiger partial charge in [-0.2, -0.15) is 0 Å². The van der Waals surface area contributed by atoms with Gasteiger partial charge in [0.2, 0.25) is 0 Å². The third-order valence-corrected chi connectivity index (χ3v) is 6.10.